The molecule has 4 nitrogen and oxygen atoms in total. The van der Waals surface area contributed by atoms with E-state index in [0.717, 1.165) is 0 Å². The molecule has 0 saturated heterocycles. The number of aromatic carboxylic acids is 1. The molecule has 0 unspecified atom stereocenters. The number of alkyl halides is 2. The summed E-state index contributed by atoms with van der Waals surface area (Å²) in [7, 11) is 0. The fraction of sp³-hybridized carbons (Fsp3) is 0.250. The Bertz CT molecular complexity index is 331. The average Bonchev–Trinajstić information content (AvgIpc) is 2.15. The molecule has 0 saturated carbocycles. The van der Waals surface area contributed by atoms with E-state index in [1.165, 1.54) is 18.3 Å². The molecule has 76 valence electrons. The van der Waals surface area contributed by atoms with E-state index in [2.05, 4.69) is 10.3 Å². The van der Waals surface area contributed by atoms with Crippen LogP contribution in [0.3, 0.4) is 0 Å². The Labute approximate surface area is 78.6 Å². The molecular weight excluding hydrogens is 194 g/mol. The highest BCUT2D eigenvalue weighted by Gasteiger charge is 2.06. The zero-order valence-electron chi connectivity index (χ0n) is 7.08. The molecule has 2 N–H and O–H groups in total. The van der Waals surface area contributed by atoms with Crippen LogP contribution in [-0.2, 0) is 0 Å². The third kappa shape index (κ3) is 2.96. The topological polar surface area (TPSA) is 62.2 Å². The Morgan fingerprint density at radius 1 is 1.64 bits per heavy atom. The molecule has 0 fully saturated rings. The normalized spacial score (nSPS) is 10.2. The molecule has 1 heterocycles. The van der Waals surface area contributed by atoms with Crippen molar-refractivity contribution >= 4 is 11.7 Å². The number of nitrogens with zero attached hydrogens (tertiary/aromatic N) is 1. The monoisotopic (exact) mass is 202 g/mol. The summed E-state index contributed by atoms with van der Waals surface area (Å²) >= 11 is 0. The fourth-order valence-electron chi connectivity index (χ4n) is 0.852. The van der Waals surface area contributed by atoms with Crippen molar-refractivity contribution in [2.24, 2.45) is 0 Å². The lowest BCUT2D eigenvalue weighted by Gasteiger charge is -2.05. The van der Waals surface area contributed by atoms with Gasteiger partial charge in [-0.05, 0) is 12.1 Å². The fourth-order valence-corrected chi connectivity index (χ4v) is 0.852. The number of aromatic nitrogens is 1. The molecule has 0 bridgehead atoms. The third-order valence-corrected chi connectivity index (χ3v) is 1.44. The smallest absolute Gasteiger partial charge is 0.354 e. The third-order valence-electron chi connectivity index (χ3n) is 1.44. The van der Waals surface area contributed by atoms with Crippen molar-refractivity contribution < 1.29 is 18.7 Å². The summed E-state index contributed by atoms with van der Waals surface area (Å²) in [5, 5.41) is 10.9. The summed E-state index contributed by atoms with van der Waals surface area (Å²) in [6, 6.07) is 2.62. The SMILES string of the molecule is O=C(O)c1cc(NCC(F)F)ccn1. The number of carbonyl (C=O) groups is 1. The van der Waals surface area contributed by atoms with Crippen LogP contribution in [0.5, 0.6) is 0 Å². The first-order valence-corrected chi connectivity index (χ1v) is 3.81. The van der Waals surface area contributed by atoms with Crippen molar-refractivity contribution in [1.29, 1.82) is 0 Å². The maximum absolute atomic E-state index is 11.8. The van der Waals surface area contributed by atoms with Crippen LogP contribution in [0.1, 0.15) is 10.5 Å². The van der Waals surface area contributed by atoms with Crippen LogP contribution in [-0.4, -0.2) is 29.0 Å². The minimum absolute atomic E-state index is 0.177. The number of hydrogen-bond donors (Lipinski definition) is 2. The molecule has 1 aromatic heterocycles. The van der Waals surface area contributed by atoms with E-state index in [-0.39, 0.29) is 5.69 Å². The van der Waals surface area contributed by atoms with Crippen LogP contribution in [0.25, 0.3) is 0 Å². The Balaban J connectivity index is 2.69. The van der Waals surface area contributed by atoms with Gasteiger partial charge >= 0.3 is 5.97 Å². The maximum Gasteiger partial charge on any atom is 0.354 e. The van der Waals surface area contributed by atoms with Gasteiger partial charge in [0.1, 0.15) is 5.69 Å². The van der Waals surface area contributed by atoms with Gasteiger partial charge in [-0.25, -0.2) is 18.6 Å². The van der Waals surface area contributed by atoms with Gasteiger partial charge in [-0.2, -0.15) is 0 Å². The zero-order valence-corrected chi connectivity index (χ0v) is 7.08. The predicted molar refractivity (Wildman–Crippen MR) is 45.7 cm³/mol. The van der Waals surface area contributed by atoms with E-state index in [0.29, 0.717) is 5.69 Å². The van der Waals surface area contributed by atoms with Gasteiger partial charge in [-0.1, -0.05) is 0 Å². The molecule has 0 aliphatic heterocycles. The number of rotatable bonds is 4. The molecule has 0 aliphatic rings. The second-order valence-electron chi connectivity index (χ2n) is 2.51. The minimum Gasteiger partial charge on any atom is -0.477 e. The number of pyridine rings is 1. The molecule has 1 rings (SSSR count). The van der Waals surface area contributed by atoms with Crippen molar-refractivity contribution in [1.82, 2.24) is 4.98 Å². The Kier molecular flexibility index (Phi) is 3.33. The van der Waals surface area contributed by atoms with Gasteiger partial charge in [0.25, 0.3) is 6.43 Å². The summed E-state index contributed by atoms with van der Waals surface area (Å²) < 4.78 is 23.6. The highest BCUT2D eigenvalue weighted by Crippen LogP contribution is 2.08. The van der Waals surface area contributed by atoms with Crippen LogP contribution in [0.15, 0.2) is 18.3 Å². The number of anilines is 1. The van der Waals surface area contributed by atoms with E-state index >= 15 is 0 Å². The maximum atomic E-state index is 11.8. The molecule has 0 atom stereocenters. The van der Waals surface area contributed by atoms with Gasteiger partial charge in [-0.3, -0.25) is 0 Å². The standard InChI is InChI=1S/C8H8F2N2O2/c9-7(10)4-12-5-1-2-11-6(3-5)8(13)14/h1-3,7H,4H2,(H,11,12)(H,13,14). The second-order valence-corrected chi connectivity index (χ2v) is 2.51. The largest absolute Gasteiger partial charge is 0.477 e. The Hall–Kier alpha value is -1.72. The Morgan fingerprint density at radius 2 is 2.36 bits per heavy atom. The highest BCUT2D eigenvalue weighted by molar-refractivity contribution is 5.86. The predicted octanol–water partition coefficient (Wildman–Crippen LogP) is 1.46. The lowest BCUT2D eigenvalue weighted by molar-refractivity contribution is 0.0690. The number of carboxylic acids is 1. The number of halogens is 2. The van der Waals surface area contributed by atoms with Gasteiger partial charge in [0.2, 0.25) is 0 Å². The minimum atomic E-state index is -2.48. The van der Waals surface area contributed by atoms with Crippen LogP contribution < -0.4 is 5.32 Å². The zero-order chi connectivity index (χ0) is 10.6. The lowest BCUT2D eigenvalue weighted by Crippen LogP contribution is -2.11. The Morgan fingerprint density at radius 3 is 2.93 bits per heavy atom. The summed E-state index contributed by atoms with van der Waals surface area (Å²) in [6.45, 7) is -0.511. The molecular formula is C8H8F2N2O2. The van der Waals surface area contributed by atoms with Crippen molar-refractivity contribution in [3.8, 4) is 0 Å². The van der Waals surface area contributed by atoms with Gasteiger partial charge in [0.15, 0.2) is 0 Å². The summed E-state index contributed by atoms with van der Waals surface area (Å²) in [5.41, 5.74) is 0.141. The molecule has 0 radical (unpaired) electrons. The van der Waals surface area contributed by atoms with Crippen molar-refractivity contribution in [3.05, 3.63) is 24.0 Å². The van der Waals surface area contributed by atoms with Crippen molar-refractivity contribution in [3.63, 3.8) is 0 Å². The van der Waals surface area contributed by atoms with E-state index in [1.807, 2.05) is 0 Å². The molecule has 14 heavy (non-hydrogen) atoms. The highest BCUT2D eigenvalue weighted by atomic mass is 19.3. The van der Waals surface area contributed by atoms with E-state index in [1.54, 1.807) is 0 Å². The lowest BCUT2D eigenvalue weighted by atomic mass is 10.3. The van der Waals surface area contributed by atoms with E-state index < -0.39 is 18.9 Å². The molecule has 0 amide bonds. The molecule has 0 aromatic carbocycles. The number of hydrogen-bond acceptors (Lipinski definition) is 3. The van der Waals surface area contributed by atoms with E-state index in [9.17, 15) is 13.6 Å². The molecule has 0 spiro atoms. The van der Waals surface area contributed by atoms with Gasteiger partial charge in [0, 0.05) is 11.9 Å². The van der Waals surface area contributed by atoms with Gasteiger partial charge in [0.05, 0.1) is 6.54 Å². The number of nitrogens with one attached hydrogen (secondary N) is 1. The second kappa shape index (κ2) is 4.50. The van der Waals surface area contributed by atoms with Crippen LogP contribution in [0, 0.1) is 0 Å². The quantitative estimate of drug-likeness (QED) is 0.775. The summed E-state index contributed by atoms with van der Waals surface area (Å²) in [6.07, 6.45) is -1.23. The van der Waals surface area contributed by atoms with Gasteiger partial charge in [-0.15, -0.1) is 0 Å². The van der Waals surface area contributed by atoms with Gasteiger partial charge < -0.3 is 10.4 Å². The average molecular weight is 202 g/mol. The van der Waals surface area contributed by atoms with Crippen LogP contribution in [0.2, 0.25) is 0 Å². The first kappa shape index (κ1) is 10.4. The first-order chi connectivity index (χ1) is 6.59. The van der Waals surface area contributed by atoms with Crippen molar-refractivity contribution in [2.75, 3.05) is 11.9 Å². The van der Waals surface area contributed by atoms with E-state index in [4.69, 9.17) is 5.11 Å². The summed E-state index contributed by atoms with van der Waals surface area (Å²) in [5.74, 6) is -1.19. The van der Waals surface area contributed by atoms with Crippen LogP contribution >= 0.6 is 0 Å². The van der Waals surface area contributed by atoms with Crippen LogP contribution in [0.4, 0.5) is 14.5 Å². The molecule has 6 heteroatoms. The number of carboxylic acid groups (broad SMARTS) is 1. The summed E-state index contributed by atoms with van der Waals surface area (Å²) in [4.78, 5) is 14.0. The molecule has 1 aromatic rings. The first-order valence-electron chi connectivity index (χ1n) is 3.81. The molecule has 0 aliphatic carbocycles. The van der Waals surface area contributed by atoms with Crippen molar-refractivity contribution in [2.45, 2.75) is 6.43 Å².